The van der Waals surface area contributed by atoms with Gasteiger partial charge in [-0.25, -0.2) is 4.98 Å². The summed E-state index contributed by atoms with van der Waals surface area (Å²) in [6, 6.07) is 43.6. The van der Waals surface area contributed by atoms with E-state index in [4.69, 9.17) is 4.98 Å². The first kappa shape index (κ1) is 23.3. The van der Waals surface area contributed by atoms with Gasteiger partial charge in [0.2, 0.25) is 0 Å². The summed E-state index contributed by atoms with van der Waals surface area (Å²) in [5.41, 5.74) is 9.32. The van der Waals surface area contributed by atoms with Crippen LogP contribution in [0.25, 0.3) is 93.2 Å². The molecule has 0 fully saturated rings. The van der Waals surface area contributed by atoms with Crippen molar-refractivity contribution in [1.82, 2.24) is 23.5 Å². The summed E-state index contributed by atoms with van der Waals surface area (Å²) >= 11 is 0. The van der Waals surface area contributed by atoms with Crippen LogP contribution in [0.5, 0.6) is 0 Å². The fraction of sp³-hybridized carbons (Fsp3) is 0. The molecule has 0 unspecified atom stereocenters. The molecular weight excluding hydrogens is 550 g/mol. The topological polar surface area (TPSA) is 40.0 Å². The maximum Gasteiger partial charge on any atom is 0.137 e. The van der Waals surface area contributed by atoms with Crippen molar-refractivity contribution in [1.29, 1.82) is 0 Å². The van der Waals surface area contributed by atoms with E-state index in [0.717, 1.165) is 28.1 Å². The number of rotatable bonds is 2. The first-order valence-corrected chi connectivity index (χ1v) is 15.3. The number of hydrogen-bond donors (Lipinski definition) is 0. The summed E-state index contributed by atoms with van der Waals surface area (Å²) in [6.07, 6.45) is 5.80. The van der Waals surface area contributed by atoms with E-state index in [1.54, 1.807) is 0 Å². The number of aromatic nitrogens is 5. The highest BCUT2D eigenvalue weighted by Crippen LogP contribution is 2.46. The van der Waals surface area contributed by atoms with Crippen molar-refractivity contribution in [2.45, 2.75) is 0 Å². The predicted molar refractivity (Wildman–Crippen MR) is 185 cm³/mol. The molecule has 5 nitrogen and oxygen atoms in total. The molecule has 0 aliphatic heterocycles. The average molecular weight is 574 g/mol. The van der Waals surface area contributed by atoms with Gasteiger partial charge in [-0.05, 0) is 48.5 Å². The van der Waals surface area contributed by atoms with Gasteiger partial charge in [0.15, 0.2) is 0 Å². The molecule has 6 heterocycles. The summed E-state index contributed by atoms with van der Waals surface area (Å²) in [6.45, 7) is 0. The molecule has 0 aliphatic rings. The molecule has 0 atom stereocenters. The second-order valence-corrected chi connectivity index (χ2v) is 11.9. The molecule has 5 heteroatoms. The van der Waals surface area contributed by atoms with Gasteiger partial charge in [-0.15, -0.1) is 0 Å². The van der Waals surface area contributed by atoms with Crippen LogP contribution in [0.4, 0.5) is 0 Å². The molecule has 0 spiro atoms. The van der Waals surface area contributed by atoms with Crippen molar-refractivity contribution in [2.75, 3.05) is 0 Å². The van der Waals surface area contributed by atoms with Crippen LogP contribution in [0.3, 0.4) is 0 Å². The fourth-order valence-corrected chi connectivity index (χ4v) is 7.95. The molecule has 0 amide bonds. The molecule has 0 bridgehead atoms. The minimum absolute atomic E-state index is 0.894. The zero-order valence-corrected chi connectivity index (χ0v) is 24.0. The molecule has 11 rings (SSSR count). The molecular formula is C40H23N5. The maximum atomic E-state index is 5.15. The maximum absolute atomic E-state index is 5.15. The lowest BCUT2D eigenvalue weighted by Gasteiger charge is -2.11. The molecule has 0 N–H and O–H groups in total. The molecule has 208 valence electrons. The highest BCUT2D eigenvalue weighted by atomic mass is 15.1. The van der Waals surface area contributed by atoms with Gasteiger partial charge in [0, 0.05) is 49.3 Å². The Hall–Kier alpha value is -6.20. The van der Waals surface area contributed by atoms with Gasteiger partial charge < -0.3 is 8.97 Å². The Kier molecular flexibility index (Phi) is 4.26. The summed E-state index contributed by atoms with van der Waals surface area (Å²) in [5, 5.41) is 10.0. The molecule has 0 radical (unpaired) electrons. The van der Waals surface area contributed by atoms with Gasteiger partial charge in [-0.1, -0.05) is 72.8 Å². The third-order valence-electron chi connectivity index (χ3n) is 9.70. The lowest BCUT2D eigenvalue weighted by molar-refractivity contribution is 1.05. The van der Waals surface area contributed by atoms with E-state index >= 15 is 0 Å². The Bertz CT molecular complexity index is 2920. The Morgan fingerprint density at radius 3 is 1.76 bits per heavy atom. The third kappa shape index (κ3) is 2.83. The summed E-state index contributed by atoms with van der Waals surface area (Å²) < 4.78 is 7.05. The summed E-state index contributed by atoms with van der Waals surface area (Å²) in [4.78, 5) is 9.60. The second-order valence-electron chi connectivity index (χ2n) is 11.9. The average Bonchev–Trinajstić information content (AvgIpc) is 3.82. The van der Waals surface area contributed by atoms with Gasteiger partial charge in [0.25, 0.3) is 0 Å². The quantitative estimate of drug-likeness (QED) is 0.207. The van der Waals surface area contributed by atoms with Gasteiger partial charge >= 0.3 is 0 Å². The van der Waals surface area contributed by atoms with E-state index in [2.05, 4.69) is 140 Å². The monoisotopic (exact) mass is 573 g/mol. The normalized spacial score (nSPS) is 12.4. The van der Waals surface area contributed by atoms with Crippen LogP contribution >= 0.6 is 0 Å². The molecule has 0 saturated carbocycles. The van der Waals surface area contributed by atoms with Crippen LogP contribution in [0, 0.1) is 0 Å². The number of pyridine rings is 2. The third-order valence-corrected chi connectivity index (χ3v) is 9.70. The van der Waals surface area contributed by atoms with Gasteiger partial charge in [0.1, 0.15) is 5.82 Å². The molecule has 45 heavy (non-hydrogen) atoms. The van der Waals surface area contributed by atoms with E-state index < -0.39 is 0 Å². The Labute approximate surface area is 256 Å². The van der Waals surface area contributed by atoms with Gasteiger partial charge in [0.05, 0.1) is 56.7 Å². The van der Waals surface area contributed by atoms with E-state index in [0.29, 0.717) is 0 Å². The van der Waals surface area contributed by atoms with Crippen molar-refractivity contribution < 1.29 is 0 Å². The van der Waals surface area contributed by atoms with Crippen LogP contribution in [0.2, 0.25) is 0 Å². The van der Waals surface area contributed by atoms with E-state index in [1.807, 2.05) is 18.6 Å². The van der Waals surface area contributed by atoms with Crippen LogP contribution < -0.4 is 0 Å². The Balaban J connectivity index is 1.24. The number of hydrogen-bond acceptors (Lipinski definition) is 2. The number of nitrogens with zero attached hydrogens (tertiary/aromatic N) is 5. The number of benzene rings is 5. The minimum atomic E-state index is 0.894. The number of para-hydroxylation sites is 4. The molecule has 5 aromatic carbocycles. The van der Waals surface area contributed by atoms with Crippen molar-refractivity contribution in [3.8, 4) is 11.5 Å². The molecule has 0 saturated heterocycles. The van der Waals surface area contributed by atoms with Crippen molar-refractivity contribution in [3.05, 3.63) is 140 Å². The lowest BCUT2D eigenvalue weighted by atomic mass is 10.0. The highest BCUT2D eigenvalue weighted by Gasteiger charge is 2.24. The van der Waals surface area contributed by atoms with Crippen molar-refractivity contribution in [3.63, 3.8) is 0 Å². The van der Waals surface area contributed by atoms with E-state index in [-0.39, 0.29) is 0 Å². The van der Waals surface area contributed by atoms with Crippen molar-refractivity contribution in [2.24, 2.45) is 0 Å². The minimum Gasteiger partial charge on any atom is -0.308 e. The lowest BCUT2D eigenvalue weighted by Crippen LogP contribution is -2.00. The Morgan fingerprint density at radius 1 is 0.422 bits per heavy atom. The van der Waals surface area contributed by atoms with Crippen LogP contribution in [-0.2, 0) is 0 Å². The van der Waals surface area contributed by atoms with Crippen LogP contribution in [0.15, 0.2) is 140 Å². The first-order valence-electron chi connectivity index (χ1n) is 15.3. The highest BCUT2D eigenvalue weighted by molar-refractivity contribution is 6.35. The Morgan fingerprint density at radius 2 is 1.02 bits per heavy atom. The van der Waals surface area contributed by atoms with Gasteiger partial charge in [-0.2, -0.15) is 0 Å². The zero-order valence-electron chi connectivity index (χ0n) is 24.0. The summed E-state index contributed by atoms with van der Waals surface area (Å²) in [7, 11) is 0. The van der Waals surface area contributed by atoms with Gasteiger partial charge in [-0.3, -0.25) is 9.55 Å². The van der Waals surface area contributed by atoms with E-state index in [9.17, 15) is 0 Å². The summed E-state index contributed by atoms with van der Waals surface area (Å²) in [5.74, 6) is 0.894. The van der Waals surface area contributed by atoms with Crippen molar-refractivity contribution >= 4 is 81.7 Å². The molecule has 11 aromatic rings. The predicted octanol–water partition coefficient (Wildman–Crippen LogP) is 9.82. The second kappa shape index (κ2) is 8.24. The smallest absolute Gasteiger partial charge is 0.137 e. The first-order chi connectivity index (χ1) is 22.4. The standard InChI is InChI=1S/C40H23N5/c1-5-13-31-25(9-1)27-19-20-41-23-36(27)43(31)24-17-18-37(42-22-24)44-33-15-7-3-11-28(33)38-35(44)21-30-26-10-2-6-14-32(26)45-34-16-8-4-12-29(34)39(38)40(30)45/h1-23H. The molecule has 6 aromatic heterocycles. The van der Waals surface area contributed by atoms with Crippen LogP contribution in [-0.4, -0.2) is 23.5 Å². The SMILES string of the molecule is c1ccc2c(c1)c1ccncc1n2-c1ccc(-n2c3ccccc3c3c4c5ccccc5n5c6ccccc6c(cc32)c45)nc1. The van der Waals surface area contributed by atoms with Crippen LogP contribution in [0.1, 0.15) is 0 Å². The van der Waals surface area contributed by atoms with E-state index in [1.165, 1.54) is 65.2 Å². The fourth-order valence-electron chi connectivity index (χ4n) is 7.95. The molecule has 0 aliphatic carbocycles. The number of fused-ring (bicyclic) bond motifs is 13. The largest absolute Gasteiger partial charge is 0.308 e. The zero-order chi connectivity index (χ0) is 29.2.